The van der Waals surface area contributed by atoms with Crippen LogP contribution in [0.4, 0.5) is 11.5 Å². The number of H-pyrrole nitrogens is 1. The molecule has 40 heavy (non-hydrogen) atoms. The topological polar surface area (TPSA) is 146 Å². The highest BCUT2D eigenvalue weighted by molar-refractivity contribution is 6.06. The van der Waals surface area contributed by atoms with Crippen LogP contribution in [0.3, 0.4) is 0 Å². The predicted molar refractivity (Wildman–Crippen MR) is 151 cm³/mol. The number of hydrogen-bond donors (Lipinski definition) is 5. The molecule has 2 aromatic heterocycles. The lowest BCUT2D eigenvalue weighted by atomic mass is 9.74. The van der Waals surface area contributed by atoms with Gasteiger partial charge in [0, 0.05) is 54.3 Å². The molecule has 2 aliphatic rings. The molecule has 1 atom stereocenters. The van der Waals surface area contributed by atoms with Gasteiger partial charge in [-0.15, -0.1) is 0 Å². The fraction of sp³-hybridized carbons (Fsp3) is 0.310. The molecule has 0 aliphatic carbocycles. The summed E-state index contributed by atoms with van der Waals surface area (Å²) in [6.45, 7) is 6.47. The Morgan fingerprint density at radius 2 is 2.02 bits per heavy atom. The molecule has 0 bridgehead atoms. The fourth-order valence-electron chi connectivity index (χ4n) is 5.14. The first kappa shape index (κ1) is 27.1. The van der Waals surface area contributed by atoms with E-state index in [9.17, 15) is 14.4 Å². The summed E-state index contributed by atoms with van der Waals surface area (Å²) < 4.78 is 10.7. The van der Waals surface area contributed by atoms with Gasteiger partial charge < -0.3 is 35.7 Å². The van der Waals surface area contributed by atoms with Crippen molar-refractivity contribution in [3.63, 3.8) is 0 Å². The smallest absolute Gasteiger partial charge is 0.256 e. The Bertz CT molecular complexity index is 1440. The number of rotatable bonds is 9. The second kappa shape index (κ2) is 11.7. The van der Waals surface area contributed by atoms with E-state index in [2.05, 4.69) is 37.8 Å². The molecule has 1 unspecified atom stereocenters. The number of anilines is 2. The molecule has 1 fully saturated rings. The van der Waals surface area contributed by atoms with Gasteiger partial charge in [0.1, 0.15) is 18.2 Å². The number of aromatic nitrogens is 2. The Balaban J connectivity index is 1.37. The van der Waals surface area contributed by atoms with Crippen LogP contribution < -0.4 is 26.0 Å². The summed E-state index contributed by atoms with van der Waals surface area (Å²) >= 11 is 0. The quantitative estimate of drug-likeness (QED) is 0.206. The number of amides is 3. The number of pyridine rings is 1. The van der Waals surface area contributed by atoms with E-state index in [-0.39, 0.29) is 17.9 Å². The summed E-state index contributed by atoms with van der Waals surface area (Å²) in [5.41, 5.74) is 3.62. The van der Waals surface area contributed by atoms with Crippen LogP contribution in [0.1, 0.15) is 39.3 Å². The number of ether oxygens (including phenoxy) is 2. The Morgan fingerprint density at radius 1 is 1.15 bits per heavy atom. The zero-order chi connectivity index (χ0) is 28.1. The minimum Gasteiger partial charge on any atom is -0.489 e. The molecule has 3 aromatic rings. The molecule has 5 N–H and O–H groups in total. The van der Waals surface area contributed by atoms with Crippen molar-refractivity contribution in [3.8, 4) is 17.0 Å². The van der Waals surface area contributed by atoms with E-state index in [0.717, 1.165) is 49.0 Å². The SMILES string of the molecule is C=CC(=O)Nc1cc(C(=O)Nc2cc(-c3cc4c([nH]3)C3(CCCNC3)CNC4=O)ccn2)ccc1OCCOC. The summed E-state index contributed by atoms with van der Waals surface area (Å²) in [6, 6.07) is 10.2. The maximum atomic E-state index is 13.1. The lowest BCUT2D eigenvalue weighted by Gasteiger charge is -2.40. The van der Waals surface area contributed by atoms with Crippen molar-refractivity contribution < 1.29 is 23.9 Å². The third-order valence-electron chi connectivity index (χ3n) is 7.19. The van der Waals surface area contributed by atoms with Gasteiger partial charge in [-0.2, -0.15) is 0 Å². The average Bonchev–Trinajstić information content (AvgIpc) is 3.44. The largest absolute Gasteiger partial charge is 0.489 e. The van der Waals surface area contributed by atoms with Crippen LogP contribution >= 0.6 is 0 Å². The molecule has 11 nitrogen and oxygen atoms in total. The van der Waals surface area contributed by atoms with E-state index < -0.39 is 11.8 Å². The number of carbonyl (C=O) groups is 3. The second-order valence-electron chi connectivity index (χ2n) is 9.84. The third-order valence-corrected chi connectivity index (χ3v) is 7.19. The Morgan fingerprint density at radius 3 is 2.80 bits per heavy atom. The Kier molecular flexibility index (Phi) is 7.94. The van der Waals surface area contributed by atoms with Crippen LogP contribution in [0.2, 0.25) is 0 Å². The van der Waals surface area contributed by atoms with Crippen molar-refractivity contribution in [3.05, 3.63) is 72.1 Å². The summed E-state index contributed by atoms with van der Waals surface area (Å²) in [7, 11) is 1.56. The molecule has 208 valence electrons. The summed E-state index contributed by atoms with van der Waals surface area (Å²) in [5.74, 6) is -0.207. The molecule has 11 heteroatoms. The monoisotopic (exact) mass is 544 g/mol. The summed E-state index contributed by atoms with van der Waals surface area (Å²) in [6.07, 6.45) is 4.76. The average molecular weight is 545 g/mol. The van der Waals surface area contributed by atoms with E-state index >= 15 is 0 Å². The van der Waals surface area contributed by atoms with Gasteiger partial charge in [-0.1, -0.05) is 6.58 Å². The van der Waals surface area contributed by atoms with Crippen LogP contribution in [0.15, 0.2) is 55.3 Å². The van der Waals surface area contributed by atoms with Gasteiger partial charge in [-0.3, -0.25) is 14.4 Å². The van der Waals surface area contributed by atoms with Crippen LogP contribution in [0, 0.1) is 0 Å². The van der Waals surface area contributed by atoms with Crippen LogP contribution in [-0.4, -0.2) is 67.6 Å². The van der Waals surface area contributed by atoms with Crippen LogP contribution in [0.25, 0.3) is 11.3 Å². The molecule has 0 saturated carbocycles. The molecule has 1 saturated heterocycles. The van der Waals surface area contributed by atoms with Crippen molar-refractivity contribution in [2.24, 2.45) is 0 Å². The van der Waals surface area contributed by atoms with Crippen molar-refractivity contribution in [2.75, 3.05) is 50.6 Å². The van der Waals surface area contributed by atoms with E-state index in [0.29, 0.717) is 41.5 Å². The Labute approximate surface area is 231 Å². The number of fused-ring (bicyclic) bond motifs is 2. The molecular weight excluding hydrogens is 512 g/mol. The predicted octanol–water partition coefficient (Wildman–Crippen LogP) is 2.84. The minimum absolute atomic E-state index is 0.0923. The van der Waals surface area contributed by atoms with E-state index in [1.165, 1.54) is 6.07 Å². The van der Waals surface area contributed by atoms with Crippen LogP contribution in [0.5, 0.6) is 5.75 Å². The second-order valence-corrected chi connectivity index (χ2v) is 9.84. The molecule has 4 heterocycles. The van der Waals surface area contributed by atoms with Gasteiger partial charge >= 0.3 is 0 Å². The standard InChI is InChI=1S/C29H32N6O5/c1-3-25(36)33-22-13-19(5-6-23(22)40-12-11-39-2)27(37)35-24-14-18(7-10-31-24)21-15-20-26(34-21)29(17-32-28(20)38)8-4-9-30-16-29/h3,5-7,10,13-15,30,34H,1,4,8-9,11-12,16-17H2,2H3,(H,32,38)(H,33,36)(H,31,35,37). The number of nitrogens with zero attached hydrogens (tertiary/aromatic N) is 1. The Hall–Kier alpha value is -4.48. The first-order chi connectivity index (χ1) is 19.4. The van der Waals surface area contributed by atoms with E-state index in [1.54, 1.807) is 31.5 Å². The molecule has 5 rings (SSSR count). The van der Waals surface area contributed by atoms with Gasteiger partial charge in [0.2, 0.25) is 5.91 Å². The van der Waals surface area contributed by atoms with Gasteiger partial charge in [-0.25, -0.2) is 4.98 Å². The van der Waals surface area contributed by atoms with Gasteiger partial charge in [0.15, 0.2) is 0 Å². The van der Waals surface area contributed by atoms with Gasteiger partial charge in [-0.05, 0) is 61.9 Å². The maximum absolute atomic E-state index is 13.1. The highest BCUT2D eigenvalue weighted by atomic mass is 16.5. The third kappa shape index (κ3) is 5.61. The van der Waals surface area contributed by atoms with Crippen molar-refractivity contribution in [1.82, 2.24) is 20.6 Å². The van der Waals surface area contributed by atoms with E-state index in [1.807, 2.05) is 12.1 Å². The number of aromatic amines is 1. The molecule has 3 amide bonds. The van der Waals surface area contributed by atoms with Crippen molar-refractivity contribution >= 4 is 29.2 Å². The van der Waals surface area contributed by atoms with Crippen LogP contribution in [-0.2, 0) is 14.9 Å². The lowest BCUT2D eigenvalue weighted by Crippen LogP contribution is -2.54. The highest BCUT2D eigenvalue weighted by Gasteiger charge is 2.42. The molecule has 2 aliphatic heterocycles. The molecule has 0 radical (unpaired) electrons. The zero-order valence-electron chi connectivity index (χ0n) is 22.3. The lowest BCUT2D eigenvalue weighted by molar-refractivity contribution is -0.111. The van der Waals surface area contributed by atoms with Crippen molar-refractivity contribution in [1.29, 1.82) is 0 Å². The first-order valence-electron chi connectivity index (χ1n) is 13.1. The maximum Gasteiger partial charge on any atom is 0.256 e. The highest BCUT2D eigenvalue weighted by Crippen LogP contribution is 2.37. The normalized spacial score (nSPS) is 18.0. The molecule has 1 aromatic carbocycles. The minimum atomic E-state index is -0.434. The first-order valence-corrected chi connectivity index (χ1v) is 13.1. The van der Waals surface area contributed by atoms with Gasteiger partial charge in [0.05, 0.1) is 17.9 Å². The summed E-state index contributed by atoms with van der Waals surface area (Å²) in [5, 5.41) is 12.0. The number of methoxy groups -OCH3 is 1. The fourth-order valence-corrected chi connectivity index (χ4v) is 5.14. The van der Waals surface area contributed by atoms with Gasteiger partial charge in [0.25, 0.3) is 11.8 Å². The van der Waals surface area contributed by atoms with E-state index in [4.69, 9.17) is 9.47 Å². The number of hydrogen-bond acceptors (Lipinski definition) is 7. The zero-order valence-corrected chi connectivity index (χ0v) is 22.3. The number of piperidine rings is 1. The number of benzene rings is 1. The number of carbonyl (C=O) groups excluding carboxylic acids is 3. The van der Waals surface area contributed by atoms with Crippen molar-refractivity contribution in [2.45, 2.75) is 18.3 Å². The molecular formula is C29H32N6O5. The summed E-state index contributed by atoms with van der Waals surface area (Å²) in [4.78, 5) is 45.6. The number of nitrogens with one attached hydrogen (secondary N) is 5. The molecule has 1 spiro atoms.